The van der Waals surface area contributed by atoms with Crippen LogP contribution in [0.25, 0.3) is 0 Å². The molecule has 1 aliphatic heterocycles. The van der Waals surface area contributed by atoms with Crippen LogP contribution in [0.3, 0.4) is 0 Å². The lowest BCUT2D eigenvalue weighted by Crippen LogP contribution is -2.37. The van der Waals surface area contributed by atoms with Gasteiger partial charge in [-0.1, -0.05) is 24.3 Å². The highest BCUT2D eigenvalue weighted by molar-refractivity contribution is 6.07. The molecule has 0 radical (unpaired) electrons. The Hall–Kier alpha value is -4.17. The van der Waals surface area contributed by atoms with E-state index in [2.05, 4.69) is 20.9 Å². The van der Waals surface area contributed by atoms with Crippen molar-refractivity contribution in [1.29, 1.82) is 0 Å². The van der Waals surface area contributed by atoms with E-state index in [4.69, 9.17) is 4.74 Å². The summed E-state index contributed by atoms with van der Waals surface area (Å²) in [6, 6.07) is 21.9. The Morgan fingerprint density at radius 3 is 2.05 bits per heavy atom. The molecule has 4 rings (SSSR count). The summed E-state index contributed by atoms with van der Waals surface area (Å²) in [5.74, 6) is 0.197. The van der Waals surface area contributed by atoms with Gasteiger partial charge in [0.25, 0.3) is 5.91 Å². The summed E-state index contributed by atoms with van der Waals surface area (Å²) in [6.07, 6.45) is 1.52. The largest absolute Gasteiger partial charge is 0.497 e. The van der Waals surface area contributed by atoms with Crippen LogP contribution in [-0.4, -0.2) is 42.8 Å². The monoisotopic (exact) mass is 500 g/mol. The topological polar surface area (TPSA) is 99.8 Å². The number of ether oxygens (including phenoxy) is 1. The van der Waals surface area contributed by atoms with Crippen molar-refractivity contribution in [1.82, 2.24) is 4.90 Å². The van der Waals surface area contributed by atoms with E-state index in [-0.39, 0.29) is 23.6 Å². The molecule has 1 heterocycles. The number of amides is 3. The Kier molecular flexibility index (Phi) is 8.53. The Bertz CT molecular complexity index is 1230. The molecule has 8 nitrogen and oxygen atoms in total. The fraction of sp³-hybridized carbons (Fsp3) is 0.276. The number of piperidine rings is 1. The Morgan fingerprint density at radius 2 is 1.46 bits per heavy atom. The zero-order valence-electron chi connectivity index (χ0n) is 21.1. The Labute approximate surface area is 217 Å². The van der Waals surface area contributed by atoms with Gasteiger partial charge in [0.2, 0.25) is 11.8 Å². The van der Waals surface area contributed by atoms with Gasteiger partial charge in [-0.3, -0.25) is 19.3 Å². The first-order valence-corrected chi connectivity index (χ1v) is 12.4. The molecule has 0 atom stereocenters. The maximum atomic E-state index is 13.0. The van der Waals surface area contributed by atoms with Crippen LogP contribution in [0.1, 0.15) is 35.7 Å². The van der Waals surface area contributed by atoms with Crippen molar-refractivity contribution in [2.75, 3.05) is 36.1 Å². The summed E-state index contributed by atoms with van der Waals surface area (Å²) >= 11 is 0. The molecule has 8 heteroatoms. The molecule has 0 unspecified atom stereocenters. The lowest BCUT2D eigenvalue weighted by atomic mass is 9.95. The molecule has 1 aliphatic rings. The second-order valence-electron chi connectivity index (χ2n) is 9.15. The molecule has 0 spiro atoms. The van der Waals surface area contributed by atoms with E-state index in [9.17, 15) is 14.4 Å². The van der Waals surface area contributed by atoms with Gasteiger partial charge >= 0.3 is 0 Å². The maximum Gasteiger partial charge on any atom is 0.255 e. The van der Waals surface area contributed by atoms with Crippen LogP contribution >= 0.6 is 0 Å². The van der Waals surface area contributed by atoms with Crippen molar-refractivity contribution in [3.05, 3.63) is 83.9 Å². The van der Waals surface area contributed by atoms with Crippen LogP contribution in [0.15, 0.2) is 72.8 Å². The van der Waals surface area contributed by atoms with E-state index in [1.165, 1.54) is 12.5 Å². The molecule has 0 aromatic heterocycles. The molecule has 3 amide bonds. The summed E-state index contributed by atoms with van der Waals surface area (Å²) in [5.41, 5.74) is 3.58. The lowest BCUT2D eigenvalue weighted by molar-refractivity contribution is -0.121. The summed E-state index contributed by atoms with van der Waals surface area (Å²) in [6.45, 7) is 3.93. The maximum absolute atomic E-state index is 13.0. The van der Waals surface area contributed by atoms with Gasteiger partial charge in [-0.2, -0.15) is 0 Å². The zero-order valence-corrected chi connectivity index (χ0v) is 21.1. The minimum atomic E-state index is -0.261. The average Bonchev–Trinajstić information content (AvgIpc) is 2.91. The molecule has 0 bridgehead atoms. The predicted molar refractivity (Wildman–Crippen MR) is 145 cm³/mol. The van der Waals surface area contributed by atoms with Crippen LogP contribution in [-0.2, 0) is 16.1 Å². The number of methoxy groups -OCH3 is 1. The number of nitrogens with zero attached hydrogens (tertiary/aromatic N) is 1. The van der Waals surface area contributed by atoms with Gasteiger partial charge in [-0.15, -0.1) is 0 Å². The van der Waals surface area contributed by atoms with E-state index >= 15 is 0 Å². The van der Waals surface area contributed by atoms with Gasteiger partial charge in [0.15, 0.2) is 0 Å². The minimum absolute atomic E-state index is 0.0366. The van der Waals surface area contributed by atoms with Gasteiger partial charge in [-0.25, -0.2) is 0 Å². The van der Waals surface area contributed by atoms with E-state index < -0.39 is 0 Å². The van der Waals surface area contributed by atoms with Gasteiger partial charge in [-0.05, 0) is 80.0 Å². The average molecular weight is 501 g/mol. The highest BCUT2D eigenvalue weighted by atomic mass is 16.5. The summed E-state index contributed by atoms with van der Waals surface area (Å²) in [7, 11) is 1.58. The fourth-order valence-electron chi connectivity index (χ4n) is 4.38. The fourth-order valence-corrected chi connectivity index (χ4v) is 4.38. The smallest absolute Gasteiger partial charge is 0.255 e. The lowest BCUT2D eigenvalue weighted by Gasteiger charge is -2.31. The number of carbonyl (C=O) groups excluding carboxylic acids is 3. The molecule has 1 fully saturated rings. The number of rotatable bonds is 8. The van der Waals surface area contributed by atoms with Crippen LogP contribution in [0.2, 0.25) is 0 Å². The third-order valence-corrected chi connectivity index (χ3v) is 6.42. The standard InChI is InChI=1S/C29H32N4O4/c1-20(34)30-24-11-7-21(8-12-24)19-33-17-15-23(16-18-33)29(36)32-27-6-4-3-5-26(27)31-28(35)22-9-13-25(37-2)14-10-22/h3-14,23H,15-19H2,1-2H3,(H,30,34)(H,31,35)(H,32,36). The first-order valence-electron chi connectivity index (χ1n) is 12.4. The highest BCUT2D eigenvalue weighted by Gasteiger charge is 2.25. The second kappa shape index (κ2) is 12.2. The number of anilines is 3. The number of hydrogen-bond donors (Lipinski definition) is 3. The van der Waals surface area contributed by atoms with Gasteiger partial charge < -0.3 is 20.7 Å². The number of benzene rings is 3. The van der Waals surface area contributed by atoms with Crippen molar-refractivity contribution >= 4 is 34.8 Å². The van der Waals surface area contributed by atoms with E-state index in [1.54, 1.807) is 43.5 Å². The Balaban J connectivity index is 1.29. The molecule has 3 aromatic rings. The molecule has 192 valence electrons. The SMILES string of the molecule is COc1ccc(C(=O)Nc2ccccc2NC(=O)C2CCN(Cc3ccc(NC(C)=O)cc3)CC2)cc1. The molecule has 37 heavy (non-hydrogen) atoms. The molecule has 0 saturated carbocycles. The zero-order chi connectivity index (χ0) is 26.2. The first kappa shape index (κ1) is 25.9. The van der Waals surface area contributed by atoms with Crippen molar-refractivity contribution in [3.63, 3.8) is 0 Å². The van der Waals surface area contributed by atoms with Crippen LogP contribution < -0.4 is 20.7 Å². The third kappa shape index (κ3) is 7.17. The normalized spacial score (nSPS) is 14.0. The van der Waals surface area contributed by atoms with E-state index in [0.29, 0.717) is 22.7 Å². The molecular weight excluding hydrogens is 468 g/mol. The van der Waals surface area contributed by atoms with Crippen molar-refractivity contribution in [2.45, 2.75) is 26.3 Å². The highest BCUT2D eigenvalue weighted by Crippen LogP contribution is 2.26. The Morgan fingerprint density at radius 1 is 0.838 bits per heavy atom. The van der Waals surface area contributed by atoms with Crippen molar-refractivity contribution in [3.8, 4) is 5.75 Å². The van der Waals surface area contributed by atoms with Gasteiger partial charge in [0.1, 0.15) is 5.75 Å². The second-order valence-corrected chi connectivity index (χ2v) is 9.15. The molecule has 1 saturated heterocycles. The van der Waals surface area contributed by atoms with E-state index in [0.717, 1.165) is 38.2 Å². The van der Waals surface area contributed by atoms with Gasteiger partial charge in [0, 0.05) is 30.6 Å². The first-order chi connectivity index (χ1) is 17.9. The summed E-state index contributed by atoms with van der Waals surface area (Å²) < 4.78 is 5.14. The molecule has 3 aromatic carbocycles. The third-order valence-electron chi connectivity index (χ3n) is 6.42. The predicted octanol–water partition coefficient (Wildman–Crippen LogP) is 4.76. The number of nitrogens with one attached hydrogen (secondary N) is 3. The molecule has 0 aliphatic carbocycles. The number of para-hydroxylation sites is 2. The number of likely N-dealkylation sites (tertiary alicyclic amines) is 1. The van der Waals surface area contributed by atoms with Crippen LogP contribution in [0, 0.1) is 5.92 Å². The van der Waals surface area contributed by atoms with Crippen molar-refractivity contribution < 1.29 is 19.1 Å². The minimum Gasteiger partial charge on any atom is -0.497 e. The molecule has 3 N–H and O–H groups in total. The summed E-state index contributed by atoms with van der Waals surface area (Å²) in [5, 5.41) is 8.69. The van der Waals surface area contributed by atoms with Crippen LogP contribution in [0.5, 0.6) is 5.75 Å². The summed E-state index contributed by atoms with van der Waals surface area (Å²) in [4.78, 5) is 39.3. The number of hydrogen-bond acceptors (Lipinski definition) is 5. The number of carbonyl (C=O) groups is 3. The van der Waals surface area contributed by atoms with E-state index in [1.807, 2.05) is 36.4 Å². The van der Waals surface area contributed by atoms with Crippen LogP contribution in [0.4, 0.5) is 17.1 Å². The quantitative estimate of drug-likeness (QED) is 0.414. The van der Waals surface area contributed by atoms with Crippen molar-refractivity contribution in [2.24, 2.45) is 5.92 Å². The molecular formula is C29H32N4O4. The van der Waals surface area contributed by atoms with Gasteiger partial charge in [0.05, 0.1) is 18.5 Å².